The van der Waals surface area contributed by atoms with Crippen LogP contribution in [-0.2, 0) is 0 Å². The van der Waals surface area contributed by atoms with Crippen LogP contribution < -0.4 is 10.6 Å². The van der Waals surface area contributed by atoms with Crippen LogP contribution >= 0.6 is 0 Å². The molecule has 0 saturated heterocycles. The molecular weight excluding hydrogens is 222 g/mol. The molecule has 94 valence electrons. The summed E-state index contributed by atoms with van der Waals surface area (Å²) in [6.45, 7) is 2.06. The fourth-order valence-electron chi connectivity index (χ4n) is 2.08. The Kier molecular flexibility index (Phi) is 3.63. The van der Waals surface area contributed by atoms with Gasteiger partial charge in [0.15, 0.2) is 0 Å². The number of rotatable bonds is 3. The van der Waals surface area contributed by atoms with Crippen LogP contribution in [0.3, 0.4) is 0 Å². The normalized spacial score (nSPS) is 12.2. The molecule has 0 radical (unpaired) electrons. The van der Waals surface area contributed by atoms with Crippen LogP contribution in [0.5, 0.6) is 0 Å². The summed E-state index contributed by atoms with van der Waals surface area (Å²) in [6, 6.07) is 12.1. The molecule has 1 aromatic heterocycles. The third-order valence-electron chi connectivity index (χ3n) is 3.01. The molecule has 0 spiro atoms. The lowest BCUT2D eigenvalue weighted by atomic mass is 10.00. The van der Waals surface area contributed by atoms with Crippen LogP contribution in [0, 0.1) is 6.92 Å². The highest BCUT2D eigenvalue weighted by atomic mass is 15.1. The maximum Gasteiger partial charge on any atom is 0.130 e. The molecule has 1 aromatic carbocycles. The Morgan fingerprint density at radius 1 is 1.11 bits per heavy atom. The molecule has 3 nitrogen and oxygen atoms in total. The molecular formula is C15H19N3. The maximum absolute atomic E-state index is 6.26. The van der Waals surface area contributed by atoms with Gasteiger partial charge in [0.25, 0.3) is 0 Å². The molecule has 18 heavy (non-hydrogen) atoms. The minimum absolute atomic E-state index is 0.117. The van der Waals surface area contributed by atoms with Crippen molar-refractivity contribution < 1.29 is 0 Å². The van der Waals surface area contributed by atoms with Crippen molar-refractivity contribution in [1.29, 1.82) is 0 Å². The molecule has 2 N–H and O–H groups in total. The predicted molar refractivity (Wildman–Crippen MR) is 75.8 cm³/mol. The fraction of sp³-hybridized carbons (Fsp3) is 0.267. The van der Waals surface area contributed by atoms with Crippen molar-refractivity contribution in [2.75, 3.05) is 19.0 Å². The Morgan fingerprint density at radius 2 is 1.78 bits per heavy atom. The molecule has 2 aromatic rings. The number of pyridine rings is 1. The summed E-state index contributed by atoms with van der Waals surface area (Å²) in [5, 5.41) is 0. The van der Waals surface area contributed by atoms with Crippen molar-refractivity contribution in [1.82, 2.24) is 4.98 Å². The van der Waals surface area contributed by atoms with Gasteiger partial charge in [0, 0.05) is 20.3 Å². The van der Waals surface area contributed by atoms with Gasteiger partial charge in [-0.15, -0.1) is 0 Å². The first kappa shape index (κ1) is 12.6. The number of nitrogens with two attached hydrogens (primary N) is 1. The van der Waals surface area contributed by atoms with Crippen LogP contribution in [0.1, 0.15) is 22.7 Å². The summed E-state index contributed by atoms with van der Waals surface area (Å²) in [4.78, 5) is 6.48. The van der Waals surface area contributed by atoms with Gasteiger partial charge in [0.05, 0.1) is 6.04 Å². The zero-order valence-electron chi connectivity index (χ0n) is 11.1. The third kappa shape index (κ3) is 2.51. The van der Waals surface area contributed by atoms with Gasteiger partial charge in [-0.3, -0.25) is 0 Å². The third-order valence-corrected chi connectivity index (χ3v) is 3.01. The smallest absolute Gasteiger partial charge is 0.130 e. The molecule has 0 bridgehead atoms. The van der Waals surface area contributed by atoms with E-state index in [9.17, 15) is 0 Å². The standard InChI is InChI=1S/C15H19N3/c1-11-9-13(10-17-15(11)18(2)3)14(16)12-7-5-4-6-8-12/h4-10,14H,16H2,1-3H3/t14-/m0/s1. The predicted octanol–water partition coefficient (Wildman–Crippen LogP) is 2.50. The summed E-state index contributed by atoms with van der Waals surface area (Å²) in [5.41, 5.74) is 9.55. The van der Waals surface area contributed by atoms with Crippen molar-refractivity contribution in [3.8, 4) is 0 Å². The van der Waals surface area contributed by atoms with E-state index >= 15 is 0 Å². The number of nitrogens with zero attached hydrogens (tertiary/aromatic N) is 2. The fourth-order valence-corrected chi connectivity index (χ4v) is 2.08. The van der Waals surface area contributed by atoms with Crippen LogP contribution in [-0.4, -0.2) is 19.1 Å². The van der Waals surface area contributed by atoms with Gasteiger partial charge in [-0.2, -0.15) is 0 Å². The maximum atomic E-state index is 6.26. The van der Waals surface area contributed by atoms with Crippen LogP contribution in [0.15, 0.2) is 42.6 Å². The first-order valence-electron chi connectivity index (χ1n) is 6.04. The molecule has 2 rings (SSSR count). The minimum Gasteiger partial charge on any atom is -0.363 e. The van der Waals surface area contributed by atoms with Crippen molar-refractivity contribution in [2.24, 2.45) is 5.73 Å². The zero-order valence-corrected chi connectivity index (χ0v) is 11.1. The Labute approximate surface area is 108 Å². The second-order valence-electron chi connectivity index (χ2n) is 4.69. The first-order chi connectivity index (χ1) is 8.59. The summed E-state index contributed by atoms with van der Waals surface area (Å²) in [6.07, 6.45) is 1.86. The number of hydrogen-bond acceptors (Lipinski definition) is 3. The molecule has 1 atom stereocenters. The van der Waals surface area contributed by atoms with Crippen molar-refractivity contribution in [2.45, 2.75) is 13.0 Å². The van der Waals surface area contributed by atoms with Gasteiger partial charge < -0.3 is 10.6 Å². The Morgan fingerprint density at radius 3 is 2.33 bits per heavy atom. The minimum atomic E-state index is -0.117. The highest BCUT2D eigenvalue weighted by Crippen LogP contribution is 2.22. The van der Waals surface area contributed by atoms with E-state index in [1.165, 1.54) is 0 Å². The average molecular weight is 241 g/mol. The first-order valence-corrected chi connectivity index (χ1v) is 6.04. The van der Waals surface area contributed by atoms with Gasteiger partial charge >= 0.3 is 0 Å². The topological polar surface area (TPSA) is 42.1 Å². The van der Waals surface area contributed by atoms with E-state index in [1.54, 1.807) is 0 Å². The average Bonchev–Trinajstić information content (AvgIpc) is 2.38. The van der Waals surface area contributed by atoms with Crippen molar-refractivity contribution in [3.05, 3.63) is 59.3 Å². The molecule has 0 aliphatic heterocycles. The van der Waals surface area contributed by atoms with E-state index in [1.807, 2.05) is 55.5 Å². The number of anilines is 1. The van der Waals surface area contributed by atoms with Gasteiger partial charge in [0.2, 0.25) is 0 Å². The zero-order chi connectivity index (χ0) is 13.1. The summed E-state index contributed by atoms with van der Waals surface area (Å²) in [5.74, 6) is 0.985. The van der Waals surface area contributed by atoms with Gasteiger partial charge in [-0.05, 0) is 29.7 Å². The Bertz CT molecular complexity index is 521. The monoisotopic (exact) mass is 241 g/mol. The molecule has 0 amide bonds. The number of aromatic nitrogens is 1. The second-order valence-corrected chi connectivity index (χ2v) is 4.69. The Hall–Kier alpha value is -1.87. The largest absolute Gasteiger partial charge is 0.363 e. The van der Waals surface area contributed by atoms with Gasteiger partial charge in [-0.1, -0.05) is 30.3 Å². The van der Waals surface area contributed by atoms with E-state index < -0.39 is 0 Å². The van der Waals surface area contributed by atoms with E-state index in [2.05, 4.69) is 18.0 Å². The van der Waals surface area contributed by atoms with Crippen LogP contribution in [0.4, 0.5) is 5.82 Å². The van der Waals surface area contributed by atoms with Crippen LogP contribution in [0.2, 0.25) is 0 Å². The lowest BCUT2D eigenvalue weighted by Crippen LogP contribution is -2.15. The van der Waals surface area contributed by atoms with Gasteiger partial charge in [0.1, 0.15) is 5.82 Å². The van der Waals surface area contributed by atoms with E-state index in [0.29, 0.717) is 0 Å². The molecule has 0 fully saturated rings. The Balaban J connectivity index is 2.32. The lowest BCUT2D eigenvalue weighted by molar-refractivity contribution is 0.858. The summed E-state index contributed by atoms with van der Waals surface area (Å²) >= 11 is 0. The van der Waals surface area contributed by atoms with Crippen molar-refractivity contribution >= 4 is 5.82 Å². The highest BCUT2D eigenvalue weighted by Gasteiger charge is 2.11. The van der Waals surface area contributed by atoms with Gasteiger partial charge in [-0.25, -0.2) is 4.98 Å². The molecule has 1 heterocycles. The summed E-state index contributed by atoms with van der Waals surface area (Å²) < 4.78 is 0. The second kappa shape index (κ2) is 5.19. The molecule has 0 aliphatic rings. The molecule has 0 aliphatic carbocycles. The molecule has 3 heteroatoms. The summed E-state index contributed by atoms with van der Waals surface area (Å²) in [7, 11) is 3.98. The van der Waals surface area contributed by atoms with Crippen molar-refractivity contribution in [3.63, 3.8) is 0 Å². The van der Waals surface area contributed by atoms with E-state index in [-0.39, 0.29) is 6.04 Å². The number of hydrogen-bond donors (Lipinski definition) is 1. The number of aryl methyl sites for hydroxylation is 1. The van der Waals surface area contributed by atoms with Crippen LogP contribution in [0.25, 0.3) is 0 Å². The van der Waals surface area contributed by atoms with E-state index in [0.717, 1.165) is 22.5 Å². The van der Waals surface area contributed by atoms with E-state index in [4.69, 9.17) is 5.73 Å². The SMILES string of the molecule is Cc1cc([C@@H](N)c2ccccc2)cnc1N(C)C. The quantitative estimate of drug-likeness (QED) is 0.897. The number of benzene rings is 1. The molecule has 0 unspecified atom stereocenters. The molecule has 0 saturated carbocycles. The highest BCUT2D eigenvalue weighted by molar-refractivity contribution is 5.47. The lowest BCUT2D eigenvalue weighted by Gasteiger charge is -2.17.